The highest BCUT2D eigenvalue weighted by Crippen LogP contribution is 2.57. The number of fused-ring (bicyclic) bond motifs is 5. The number of rotatable bonds is 4. The standard InChI is InChI=1S/C33H21BrN4O10/c1-48-18-9-17(39)20-21(25(18)40)27(42)23-22(26(20)41)29(44)33(30(23)45)5-4-11-6-12-7-14(37-32(47)19(12)28(43)24(11)33)10-36-38-31(46)15-8-13(34)2-3-16(15)35/h2-3,6-10,41-43H,4-5,35H2,1H3,(H,37,47)(H,38,46)/t33-/m0/s1. The number of benzene rings is 3. The van der Waals surface area contributed by atoms with Gasteiger partial charge in [-0.2, -0.15) is 5.10 Å². The molecular formula is C33H21BrN4O10. The fourth-order valence-corrected chi connectivity index (χ4v) is 7.13. The number of aromatic nitrogens is 1. The van der Waals surface area contributed by atoms with Crippen molar-refractivity contribution < 1.29 is 44.0 Å². The van der Waals surface area contributed by atoms with Gasteiger partial charge < -0.3 is 30.8 Å². The molecule has 1 atom stereocenters. The van der Waals surface area contributed by atoms with E-state index in [1.165, 1.54) is 24.4 Å². The Bertz CT molecular complexity index is 2390. The SMILES string of the molecule is COC1=CC(=O)c2c(O)c3c(c(O)c2C1=O)C(=O)[C@]1(CCc2cc4cc(C=NNC(=O)c5cc(Br)ccc5N)[nH]c(=O)c4c(O)c21)C3=O. The first-order chi connectivity index (χ1) is 22.8. The highest BCUT2D eigenvalue weighted by atomic mass is 79.9. The average Bonchev–Trinajstić information content (AvgIpc) is 3.53. The van der Waals surface area contributed by atoms with Crippen molar-refractivity contribution >= 4 is 67.6 Å². The number of aromatic amines is 1. The monoisotopic (exact) mass is 712 g/mol. The molecule has 240 valence electrons. The second-order valence-corrected chi connectivity index (χ2v) is 12.3. The number of nitrogens with zero attached hydrogens (tertiary/aromatic N) is 1. The van der Waals surface area contributed by atoms with Gasteiger partial charge in [-0.1, -0.05) is 22.0 Å². The number of hydrogen-bond donors (Lipinski definition) is 6. The van der Waals surface area contributed by atoms with Crippen LogP contribution in [-0.4, -0.2) is 62.7 Å². The van der Waals surface area contributed by atoms with Crippen molar-refractivity contribution in [3.63, 3.8) is 0 Å². The van der Waals surface area contributed by atoms with Gasteiger partial charge in [-0.15, -0.1) is 0 Å². The van der Waals surface area contributed by atoms with Crippen LogP contribution in [0.2, 0.25) is 0 Å². The lowest BCUT2D eigenvalue weighted by Crippen LogP contribution is -2.36. The number of phenolic OH excluding ortho intramolecular Hbond substituents is 3. The number of amides is 1. The first-order valence-electron chi connectivity index (χ1n) is 14.2. The van der Waals surface area contributed by atoms with Gasteiger partial charge in [-0.05, 0) is 48.1 Å². The third kappa shape index (κ3) is 4.00. The number of ether oxygens (including phenoxy) is 1. The maximum atomic E-state index is 14.1. The zero-order valence-corrected chi connectivity index (χ0v) is 26.1. The highest BCUT2D eigenvalue weighted by Gasteiger charge is 2.61. The zero-order chi connectivity index (χ0) is 34.4. The van der Waals surface area contributed by atoms with E-state index >= 15 is 0 Å². The number of carbonyl (C=O) groups excluding carboxylic acids is 5. The Hall–Kier alpha value is -6.09. The summed E-state index contributed by atoms with van der Waals surface area (Å²) in [6, 6.07) is 7.70. The number of nitrogens with two attached hydrogens (primary N) is 1. The van der Waals surface area contributed by atoms with Crippen LogP contribution in [0.5, 0.6) is 17.2 Å². The molecule has 4 aromatic rings. The summed E-state index contributed by atoms with van der Waals surface area (Å²) in [6.07, 6.45) is 1.83. The average molecular weight is 713 g/mol. The van der Waals surface area contributed by atoms with Crippen LogP contribution < -0.4 is 16.7 Å². The topological polar surface area (TPSA) is 239 Å². The van der Waals surface area contributed by atoms with Crippen molar-refractivity contribution in [2.45, 2.75) is 18.3 Å². The third-order valence-electron chi connectivity index (χ3n) is 8.89. The fourth-order valence-electron chi connectivity index (χ4n) is 6.77. The second-order valence-electron chi connectivity index (χ2n) is 11.4. The molecule has 0 bridgehead atoms. The molecule has 3 aromatic carbocycles. The molecule has 1 amide bonds. The molecule has 0 saturated carbocycles. The summed E-state index contributed by atoms with van der Waals surface area (Å²) in [6.45, 7) is 0. The second kappa shape index (κ2) is 10.5. The van der Waals surface area contributed by atoms with Crippen LogP contribution in [0, 0.1) is 0 Å². The Kier molecular flexibility index (Phi) is 6.66. The Morgan fingerprint density at radius 1 is 1.00 bits per heavy atom. The van der Waals surface area contributed by atoms with Crippen molar-refractivity contribution in [1.82, 2.24) is 10.4 Å². The minimum absolute atomic E-state index is 0.0686. The molecule has 14 nitrogen and oxygen atoms in total. The molecule has 15 heteroatoms. The third-order valence-corrected chi connectivity index (χ3v) is 9.38. The van der Waals surface area contributed by atoms with E-state index in [0.717, 1.165) is 13.2 Å². The number of Topliss-reactive ketones (excluding diaryl/α,β-unsaturated/α-hetero) is 3. The van der Waals surface area contributed by atoms with Gasteiger partial charge in [0.25, 0.3) is 11.5 Å². The minimum atomic E-state index is -2.16. The summed E-state index contributed by atoms with van der Waals surface area (Å²) >= 11 is 3.27. The number of aromatic hydroxyl groups is 3. The summed E-state index contributed by atoms with van der Waals surface area (Å²) in [4.78, 5) is 82.4. The molecule has 1 spiro atoms. The predicted molar refractivity (Wildman–Crippen MR) is 172 cm³/mol. The minimum Gasteiger partial charge on any atom is -0.507 e. The van der Waals surface area contributed by atoms with E-state index in [9.17, 15) is 44.1 Å². The zero-order valence-electron chi connectivity index (χ0n) is 24.6. The van der Waals surface area contributed by atoms with Gasteiger partial charge >= 0.3 is 0 Å². The molecular weight excluding hydrogens is 692 g/mol. The maximum Gasteiger partial charge on any atom is 0.273 e. The highest BCUT2D eigenvalue weighted by molar-refractivity contribution is 9.10. The molecule has 0 aliphatic heterocycles. The Morgan fingerprint density at radius 3 is 2.38 bits per heavy atom. The van der Waals surface area contributed by atoms with Crippen LogP contribution in [0.1, 0.15) is 75.0 Å². The van der Waals surface area contributed by atoms with E-state index in [0.29, 0.717) is 10.0 Å². The molecule has 1 aromatic heterocycles. The number of carbonyl (C=O) groups is 5. The molecule has 1 heterocycles. The van der Waals surface area contributed by atoms with Crippen LogP contribution in [0.4, 0.5) is 5.69 Å². The lowest BCUT2D eigenvalue weighted by atomic mass is 9.76. The van der Waals surface area contributed by atoms with Gasteiger partial charge in [-0.25, -0.2) is 5.43 Å². The summed E-state index contributed by atoms with van der Waals surface area (Å²) in [7, 11) is 1.12. The molecule has 7 N–H and O–H groups in total. The van der Waals surface area contributed by atoms with Crippen LogP contribution in [0.15, 0.2) is 56.5 Å². The number of nitrogen functional groups attached to an aromatic ring is 1. The summed E-state index contributed by atoms with van der Waals surface area (Å²) in [5, 5.41) is 37.7. The van der Waals surface area contributed by atoms with Crippen LogP contribution >= 0.6 is 15.9 Å². The number of hydrazone groups is 1. The molecule has 0 unspecified atom stereocenters. The van der Waals surface area contributed by atoms with E-state index in [1.807, 2.05) is 0 Å². The number of aryl methyl sites for hydroxylation is 1. The van der Waals surface area contributed by atoms with Crippen LogP contribution in [0.25, 0.3) is 10.8 Å². The number of H-pyrrole nitrogens is 1. The number of allylic oxidation sites excluding steroid dienone is 2. The van der Waals surface area contributed by atoms with E-state index in [4.69, 9.17) is 10.5 Å². The van der Waals surface area contributed by atoms with Gasteiger partial charge in [0.15, 0.2) is 23.1 Å². The van der Waals surface area contributed by atoms with Crippen molar-refractivity contribution in [2.24, 2.45) is 5.10 Å². The van der Waals surface area contributed by atoms with Crippen molar-refractivity contribution in [1.29, 1.82) is 0 Å². The molecule has 3 aliphatic carbocycles. The summed E-state index contributed by atoms with van der Waals surface area (Å²) in [5.74, 6) is -7.57. The lowest BCUT2D eigenvalue weighted by Gasteiger charge is -2.22. The van der Waals surface area contributed by atoms with Gasteiger partial charge in [0, 0.05) is 21.8 Å². The van der Waals surface area contributed by atoms with E-state index in [2.05, 4.69) is 31.4 Å². The Morgan fingerprint density at radius 2 is 1.69 bits per heavy atom. The lowest BCUT2D eigenvalue weighted by molar-refractivity contribution is 0.0790. The molecule has 0 radical (unpaired) electrons. The number of phenols is 3. The summed E-state index contributed by atoms with van der Waals surface area (Å²) in [5.41, 5.74) is 3.20. The number of nitrogens with one attached hydrogen (secondary N) is 2. The smallest absolute Gasteiger partial charge is 0.273 e. The quantitative estimate of drug-likeness (QED) is 0.0591. The predicted octanol–water partition coefficient (Wildman–Crippen LogP) is 2.93. The Labute approximate surface area is 276 Å². The van der Waals surface area contributed by atoms with Crippen molar-refractivity contribution in [3.05, 3.63) is 102 Å². The van der Waals surface area contributed by atoms with Crippen LogP contribution in [-0.2, 0) is 16.6 Å². The summed E-state index contributed by atoms with van der Waals surface area (Å²) < 4.78 is 5.54. The van der Waals surface area contributed by atoms with Gasteiger partial charge in [0.1, 0.15) is 22.7 Å². The van der Waals surface area contributed by atoms with E-state index in [1.54, 1.807) is 12.1 Å². The normalized spacial score (nSPS) is 18.0. The van der Waals surface area contributed by atoms with E-state index < -0.39 is 85.3 Å². The van der Waals surface area contributed by atoms with Gasteiger partial charge in [0.2, 0.25) is 5.78 Å². The van der Waals surface area contributed by atoms with Gasteiger partial charge in [0.05, 0.1) is 52.2 Å². The molecule has 3 aliphatic rings. The first kappa shape index (κ1) is 30.6. The molecule has 0 fully saturated rings. The first-order valence-corrected chi connectivity index (χ1v) is 15.0. The number of ketones is 4. The number of hydrogen-bond acceptors (Lipinski definition) is 12. The van der Waals surface area contributed by atoms with Crippen LogP contribution in [0.3, 0.4) is 0 Å². The molecule has 7 rings (SSSR count). The van der Waals surface area contributed by atoms with E-state index in [-0.39, 0.29) is 46.1 Å². The largest absolute Gasteiger partial charge is 0.507 e. The number of pyridine rings is 1. The fraction of sp³-hybridized carbons (Fsp3) is 0.121. The van der Waals surface area contributed by atoms with Gasteiger partial charge in [-0.3, -0.25) is 28.8 Å². The molecule has 0 saturated heterocycles. The Balaban J connectivity index is 1.30. The molecule has 48 heavy (non-hydrogen) atoms. The van der Waals surface area contributed by atoms with Crippen molar-refractivity contribution in [3.8, 4) is 17.2 Å². The van der Waals surface area contributed by atoms with Crippen molar-refractivity contribution in [2.75, 3.05) is 12.8 Å². The number of methoxy groups -OCH3 is 1. The number of halogens is 1. The maximum absolute atomic E-state index is 14.1. The number of anilines is 1.